The van der Waals surface area contributed by atoms with Crippen LogP contribution in [0.4, 0.5) is 5.82 Å². The van der Waals surface area contributed by atoms with Gasteiger partial charge < -0.3 is 15.0 Å². The summed E-state index contributed by atoms with van der Waals surface area (Å²) in [5.74, 6) is 2.15. The molecule has 1 rings (SSSR count). The minimum atomic E-state index is -0.225. The molecule has 16 heavy (non-hydrogen) atoms. The van der Waals surface area contributed by atoms with E-state index in [1.54, 1.807) is 7.11 Å². The van der Waals surface area contributed by atoms with Gasteiger partial charge in [-0.25, -0.2) is 4.98 Å². The number of imidazole rings is 1. The van der Waals surface area contributed by atoms with Gasteiger partial charge in [0, 0.05) is 26.5 Å². The molecule has 1 aromatic heterocycles. The maximum Gasteiger partial charge on any atom is 0.126 e. The lowest BCUT2D eigenvalue weighted by molar-refractivity contribution is 0.0226. The first-order valence-electron chi connectivity index (χ1n) is 5.64. The van der Waals surface area contributed by atoms with E-state index in [0.717, 1.165) is 23.8 Å². The van der Waals surface area contributed by atoms with E-state index in [1.165, 1.54) is 0 Å². The van der Waals surface area contributed by atoms with Crippen molar-refractivity contribution in [3.05, 3.63) is 11.5 Å². The lowest BCUT2D eigenvalue weighted by Crippen LogP contribution is -2.26. The monoisotopic (exact) mass is 225 g/mol. The fourth-order valence-electron chi connectivity index (χ4n) is 1.71. The van der Waals surface area contributed by atoms with E-state index in [1.807, 2.05) is 25.5 Å². The Balaban J connectivity index is 3.03. The molecule has 0 aliphatic carbocycles. The molecule has 0 saturated carbocycles. The van der Waals surface area contributed by atoms with Gasteiger partial charge in [-0.3, -0.25) is 0 Å². The minimum absolute atomic E-state index is 0.225. The zero-order chi connectivity index (χ0) is 12.5. The summed E-state index contributed by atoms with van der Waals surface area (Å²) in [5.41, 5.74) is 6.75. The molecular weight excluding hydrogens is 202 g/mol. The van der Waals surface area contributed by atoms with E-state index in [2.05, 4.69) is 18.8 Å². The molecule has 92 valence electrons. The number of nitrogen functional groups attached to an aromatic ring is 1. The van der Waals surface area contributed by atoms with Gasteiger partial charge >= 0.3 is 0 Å². The Morgan fingerprint density at radius 1 is 1.44 bits per heavy atom. The minimum Gasteiger partial charge on any atom is -0.384 e. The summed E-state index contributed by atoms with van der Waals surface area (Å²) in [5, 5.41) is 0. The standard InChI is InChI=1S/C12H23N3O/c1-8(2)11-14-9(10(13)15(11)5)7-12(3,4)16-6/h8H,7,13H2,1-6H3. The Morgan fingerprint density at radius 2 is 2.00 bits per heavy atom. The smallest absolute Gasteiger partial charge is 0.126 e. The fourth-order valence-corrected chi connectivity index (χ4v) is 1.71. The normalized spacial score (nSPS) is 12.4. The average molecular weight is 225 g/mol. The quantitative estimate of drug-likeness (QED) is 0.853. The summed E-state index contributed by atoms with van der Waals surface area (Å²) in [7, 11) is 3.67. The van der Waals surface area contributed by atoms with Gasteiger partial charge in [-0.15, -0.1) is 0 Å². The van der Waals surface area contributed by atoms with Crippen LogP contribution in [0.25, 0.3) is 0 Å². The number of aromatic nitrogens is 2. The van der Waals surface area contributed by atoms with Gasteiger partial charge in [-0.2, -0.15) is 0 Å². The second kappa shape index (κ2) is 4.45. The van der Waals surface area contributed by atoms with Crippen molar-refractivity contribution < 1.29 is 4.74 Å². The van der Waals surface area contributed by atoms with Crippen LogP contribution in [0.3, 0.4) is 0 Å². The molecule has 0 atom stereocenters. The predicted molar refractivity (Wildman–Crippen MR) is 66.5 cm³/mol. The molecule has 0 spiro atoms. The zero-order valence-corrected chi connectivity index (χ0v) is 11.2. The highest BCUT2D eigenvalue weighted by molar-refractivity contribution is 5.39. The van der Waals surface area contributed by atoms with Crippen LogP contribution in [0.2, 0.25) is 0 Å². The van der Waals surface area contributed by atoms with Crippen LogP contribution in [0, 0.1) is 0 Å². The van der Waals surface area contributed by atoms with Crippen LogP contribution >= 0.6 is 0 Å². The van der Waals surface area contributed by atoms with Gasteiger partial charge in [-0.05, 0) is 13.8 Å². The first-order valence-corrected chi connectivity index (χ1v) is 5.64. The third-order valence-electron chi connectivity index (χ3n) is 2.91. The predicted octanol–water partition coefficient (Wildman–Crippen LogP) is 2.09. The van der Waals surface area contributed by atoms with E-state index in [9.17, 15) is 0 Å². The Labute approximate surface area is 97.8 Å². The maximum atomic E-state index is 6.05. The number of hydrogen-bond donors (Lipinski definition) is 1. The maximum absolute atomic E-state index is 6.05. The van der Waals surface area contributed by atoms with E-state index in [0.29, 0.717) is 5.92 Å². The van der Waals surface area contributed by atoms with Crippen molar-refractivity contribution in [3.8, 4) is 0 Å². The van der Waals surface area contributed by atoms with Crippen LogP contribution in [0.5, 0.6) is 0 Å². The van der Waals surface area contributed by atoms with Crippen molar-refractivity contribution in [2.45, 2.75) is 45.6 Å². The number of anilines is 1. The summed E-state index contributed by atoms with van der Waals surface area (Å²) in [6, 6.07) is 0. The first kappa shape index (κ1) is 13.0. The summed E-state index contributed by atoms with van der Waals surface area (Å²) >= 11 is 0. The summed E-state index contributed by atoms with van der Waals surface area (Å²) in [6.45, 7) is 8.31. The highest BCUT2D eigenvalue weighted by atomic mass is 16.5. The molecule has 1 aromatic rings. The summed E-state index contributed by atoms with van der Waals surface area (Å²) in [6.07, 6.45) is 0.732. The van der Waals surface area contributed by atoms with Crippen LogP contribution < -0.4 is 5.73 Å². The second-order valence-electron chi connectivity index (χ2n) is 5.16. The van der Waals surface area contributed by atoms with Crippen molar-refractivity contribution in [1.29, 1.82) is 0 Å². The molecule has 0 bridgehead atoms. The molecule has 0 amide bonds. The largest absolute Gasteiger partial charge is 0.384 e. The Morgan fingerprint density at radius 3 is 2.38 bits per heavy atom. The molecule has 0 radical (unpaired) electrons. The van der Waals surface area contributed by atoms with Gasteiger partial charge in [0.25, 0.3) is 0 Å². The lowest BCUT2D eigenvalue weighted by atomic mass is 10.0. The van der Waals surface area contributed by atoms with Crippen molar-refractivity contribution in [1.82, 2.24) is 9.55 Å². The van der Waals surface area contributed by atoms with Crippen molar-refractivity contribution in [2.24, 2.45) is 7.05 Å². The van der Waals surface area contributed by atoms with Crippen LogP contribution in [0.1, 0.15) is 45.1 Å². The van der Waals surface area contributed by atoms with Gasteiger partial charge in [-0.1, -0.05) is 13.8 Å². The molecule has 0 aromatic carbocycles. The summed E-state index contributed by atoms with van der Waals surface area (Å²) in [4.78, 5) is 4.60. The third kappa shape index (κ3) is 2.55. The molecule has 0 saturated heterocycles. The van der Waals surface area contributed by atoms with Crippen molar-refractivity contribution in [2.75, 3.05) is 12.8 Å². The summed E-state index contributed by atoms with van der Waals surface area (Å²) < 4.78 is 7.37. The number of hydrogen-bond acceptors (Lipinski definition) is 3. The number of ether oxygens (including phenoxy) is 1. The van der Waals surface area contributed by atoms with Gasteiger partial charge in [0.15, 0.2) is 0 Å². The molecule has 0 fully saturated rings. The third-order valence-corrected chi connectivity index (χ3v) is 2.91. The van der Waals surface area contributed by atoms with E-state index in [4.69, 9.17) is 10.5 Å². The Kier molecular flexibility index (Phi) is 3.63. The molecule has 2 N–H and O–H groups in total. The number of methoxy groups -OCH3 is 1. The van der Waals surface area contributed by atoms with E-state index >= 15 is 0 Å². The molecule has 4 heteroatoms. The molecule has 0 aliphatic heterocycles. The number of nitrogens with two attached hydrogens (primary N) is 1. The zero-order valence-electron chi connectivity index (χ0n) is 11.2. The topological polar surface area (TPSA) is 53.1 Å². The molecular formula is C12H23N3O. The molecule has 1 heterocycles. The highest BCUT2D eigenvalue weighted by Gasteiger charge is 2.23. The number of nitrogens with zero attached hydrogens (tertiary/aromatic N) is 2. The van der Waals surface area contributed by atoms with Crippen LogP contribution in [0.15, 0.2) is 0 Å². The lowest BCUT2D eigenvalue weighted by Gasteiger charge is -2.21. The van der Waals surface area contributed by atoms with Crippen molar-refractivity contribution >= 4 is 5.82 Å². The fraction of sp³-hybridized carbons (Fsp3) is 0.750. The molecule has 4 nitrogen and oxygen atoms in total. The Hall–Kier alpha value is -1.03. The molecule has 0 unspecified atom stereocenters. The average Bonchev–Trinajstić information content (AvgIpc) is 2.46. The number of rotatable bonds is 4. The first-order chi connectivity index (χ1) is 7.28. The van der Waals surface area contributed by atoms with Gasteiger partial charge in [0.1, 0.15) is 11.6 Å². The van der Waals surface area contributed by atoms with E-state index in [-0.39, 0.29) is 5.60 Å². The van der Waals surface area contributed by atoms with Crippen LogP contribution in [-0.4, -0.2) is 22.3 Å². The highest BCUT2D eigenvalue weighted by Crippen LogP contribution is 2.24. The van der Waals surface area contributed by atoms with Gasteiger partial charge in [0.2, 0.25) is 0 Å². The van der Waals surface area contributed by atoms with Crippen LogP contribution in [-0.2, 0) is 18.2 Å². The SMILES string of the molecule is COC(C)(C)Cc1nc(C(C)C)n(C)c1N. The Bertz CT molecular complexity index is 367. The van der Waals surface area contributed by atoms with E-state index < -0.39 is 0 Å². The second-order valence-corrected chi connectivity index (χ2v) is 5.16. The van der Waals surface area contributed by atoms with Gasteiger partial charge in [0.05, 0.1) is 11.3 Å². The van der Waals surface area contributed by atoms with Crippen molar-refractivity contribution in [3.63, 3.8) is 0 Å². The molecule has 0 aliphatic rings.